The maximum atomic E-state index is 6.28. The second-order valence-corrected chi connectivity index (χ2v) is 11.8. The molecule has 42 heavy (non-hydrogen) atoms. The summed E-state index contributed by atoms with van der Waals surface area (Å²) in [4.78, 5) is 13.6. The summed E-state index contributed by atoms with van der Waals surface area (Å²) in [6.45, 7) is 9.48. The molecule has 14 nitrogen and oxygen atoms in total. The number of benzene rings is 1. The van der Waals surface area contributed by atoms with E-state index in [9.17, 15) is 0 Å². The molecule has 228 valence electrons. The van der Waals surface area contributed by atoms with E-state index in [0.717, 1.165) is 25.0 Å². The van der Waals surface area contributed by atoms with Crippen molar-refractivity contribution in [3.05, 3.63) is 23.8 Å². The first-order valence-electron chi connectivity index (χ1n) is 14.4. The van der Waals surface area contributed by atoms with E-state index in [0.29, 0.717) is 36.5 Å². The Hall–Kier alpha value is -3.01. The van der Waals surface area contributed by atoms with Crippen LogP contribution in [0.15, 0.2) is 18.2 Å². The molecule has 1 unspecified atom stereocenters. The molecule has 5 aliphatic heterocycles. The molecule has 1 aromatic heterocycles. The maximum absolute atomic E-state index is 6.28. The molecule has 2 aromatic rings. The Morgan fingerprint density at radius 2 is 1.69 bits per heavy atom. The Morgan fingerprint density at radius 3 is 2.52 bits per heavy atom. The lowest BCUT2D eigenvalue weighted by atomic mass is 9.99. The lowest BCUT2D eigenvalue weighted by Gasteiger charge is -2.36. The van der Waals surface area contributed by atoms with Gasteiger partial charge in [0.25, 0.3) is 0 Å². The van der Waals surface area contributed by atoms with Crippen LogP contribution >= 0.6 is 0 Å². The fourth-order valence-corrected chi connectivity index (χ4v) is 5.88. The molecule has 0 spiro atoms. The third-order valence-electron chi connectivity index (χ3n) is 7.67. The number of nitrogens with one attached hydrogen (secondary N) is 2. The van der Waals surface area contributed by atoms with E-state index in [1.165, 1.54) is 0 Å². The zero-order chi connectivity index (χ0) is 28.9. The molecule has 0 amide bonds. The molecule has 4 fully saturated rings. The van der Waals surface area contributed by atoms with Gasteiger partial charge in [0.2, 0.25) is 18.7 Å². The lowest BCUT2D eigenvalue weighted by molar-refractivity contribution is -0.238. The first-order valence-corrected chi connectivity index (χ1v) is 14.4. The average Bonchev–Trinajstić information content (AvgIpc) is 3.74. The van der Waals surface area contributed by atoms with Crippen molar-refractivity contribution >= 4 is 11.9 Å². The highest BCUT2D eigenvalue weighted by Gasteiger charge is 2.60. The number of hydrogen-bond donors (Lipinski definition) is 2. The molecule has 5 aliphatic rings. The van der Waals surface area contributed by atoms with Gasteiger partial charge in [-0.3, -0.25) is 0 Å². The van der Waals surface area contributed by atoms with Crippen molar-refractivity contribution in [3.63, 3.8) is 0 Å². The molecular weight excluding hydrogens is 550 g/mol. The second kappa shape index (κ2) is 10.9. The second-order valence-electron chi connectivity index (χ2n) is 11.8. The number of anilines is 2. The average molecular weight is 588 g/mol. The largest absolute Gasteiger partial charge is 0.460 e. The molecule has 0 bridgehead atoms. The van der Waals surface area contributed by atoms with Crippen LogP contribution in [0.4, 0.5) is 11.9 Å². The number of ether oxygens (including phenoxy) is 9. The topological polar surface area (TPSA) is 146 Å². The van der Waals surface area contributed by atoms with Gasteiger partial charge in [-0.05, 0) is 46.6 Å². The lowest BCUT2D eigenvalue weighted by Crippen LogP contribution is -2.56. The van der Waals surface area contributed by atoms with Gasteiger partial charge in [0.05, 0.1) is 6.10 Å². The molecule has 7 rings (SSSR count). The summed E-state index contributed by atoms with van der Waals surface area (Å²) in [5.74, 6) is 0.511. The summed E-state index contributed by atoms with van der Waals surface area (Å²) in [5.41, 5.74) is 0.917. The minimum Gasteiger partial charge on any atom is -0.460 e. The third-order valence-corrected chi connectivity index (χ3v) is 7.67. The fourth-order valence-electron chi connectivity index (χ4n) is 5.88. The number of nitrogens with zero attached hydrogens (tertiary/aromatic N) is 3. The molecule has 6 heterocycles. The van der Waals surface area contributed by atoms with Gasteiger partial charge in [-0.25, -0.2) is 0 Å². The summed E-state index contributed by atoms with van der Waals surface area (Å²) in [7, 11) is 0. The summed E-state index contributed by atoms with van der Waals surface area (Å²) < 4.78 is 53.8. The molecule has 1 aromatic carbocycles. The van der Waals surface area contributed by atoms with Gasteiger partial charge in [-0.15, -0.1) is 0 Å². The predicted octanol–water partition coefficient (Wildman–Crippen LogP) is 2.58. The van der Waals surface area contributed by atoms with Crippen molar-refractivity contribution in [2.24, 2.45) is 0 Å². The van der Waals surface area contributed by atoms with Crippen LogP contribution < -0.4 is 24.8 Å². The molecule has 0 aliphatic carbocycles. The Labute approximate surface area is 243 Å². The molecule has 14 heteroatoms. The number of para-hydroxylation sites is 1. The summed E-state index contributed by atoms with van der Waals surface area (Å²) in [5, 5.41) is 6.53. The zero-order valence-corrected chi connectivity index (χ0v) is 24.2. The van der Waals surface area contributed by atoms with E-state index in [1.807, 2.05) is 45.9 Å². The van der Waals surface area contributed by atoms with Crippen LogP contribution in [0.25, 0.3) is 0 Å². The number of hydrogen-bond acceptors (Lipinski definition) is 14. The van der Waals surface area contributed by atoms with Gasteiger partial charge in [0, 0.05) is 25.3 Å². The van der Waals surface area contributed by atoms with Crippen molar-refractivity contribution < 1.29 is 42.6 Å². The number of fused-ring (bicyclic) bond motifs is 4. The first-order chi connectivity index (χ1) is 20.2. The summed E-state index contributed by atoms with van der Waals surface area (Å²) in [6, 6.07) is 5.88. The minimum absolute atomic E-state index is 0.0968. The van der Waals surface area contributed by atoms with Gasteiger partial charge in [-0.1, -0.05) is 12.1 Å². The van der Waals surface area contributed by atoms with Crippen LogP contribution in [0.1, 0.15) is 46.1 Å². The van der Waals surface area contributed by atoms with E-state index in [-0.39, 0.29) is 31.6 Å². The van der Waals surface area contributed by atoms with Gasteiger partial charge in [0.1, 0.15) is 31.0 Å². The predicted molar refractivity (Wildman–Crippen MR) is 145 cm³/mol. The highest BCUT2D eigenvalue weighted by Crippen LogP contribution is 2.44. The van der Waals surface area contributed by atoms with E-state index < -0.39 is 36.2 Å². The maximum Gasteiger partial charge on any atom is 0.323 e. The van der Waals surface area contributed by atoms with Gasteiger partial charge >= 0.3 is 6.01 Å². The highest BCUT2D eigenvalue weighted by atomic mass is 16.9. The molecule has 0 saturated carbocycles. The van der Waals surface area contributed by atoms with Gasteiger partial charge in [-0.2, -0.15) is 15.0 Å². The van der Waals surface area contributed by atoms with Crippen molar-refractivity contribution in [3.8, 4) is 17.5 Å². The van der Waals surface area contributed by atoms with Crippen LogP contribution in [0.3, 0.4) is 0 Å². The minimum atomic E-state index is -0.808. The summed E-state index contributed by atoms with van der Waals surface area (Å²) >= 11 is 0. The van der Waals surface area contributed by atoms with E-state index in [1.54, 1.807) is 0 Å². The molecular formula is C28H37N5O9. The standard InChI is InChI=1S/C28H37N5O9/c1-27(2)39-20-18(38-23-22(21(20)40-27)41-28(3,4)42-23)13-35-26-32-24(31-25(33-26)30-12-16-8-6-10-34-16)29-11-15-7-5-9-17-19(15)37-14-36-17/h5,7,9,16,18,20-23H,6,8,10-14H2,1-4H3,(H2,29,30,31,32,33)/t16?,18-,20+,21+,22-,23-/m1/s1. The van der Waals surface area contributed by atoms with Crippen LogP contribution in [0, 0.1) is 0 Å². The molecule has 2 N–H and O–H groups in total. The Bertz CT molecular complexity index is 1290. The van der Waals surface area contributed by atoms with Crippen LogP contribution in [-0.4, -0.2) is 89.9 Å². The van der Waals surface area contributed by atoms with Gasteiger partial charge < -0.3 is 53.3 Å². The number of aromatic nitrogens is 3. The molecule has 4 saturated heterocycles. The van der Waals surface area contributed by atoms with E-state index >= 15 is 0 Å². The van der Waals surface area contributed by atoms with Crippen LogP contribution in [-0.2, 0) is 35.0 Å². The van der Waals surface area contributed by atoms with E-state index in [2.05, 4.69) is 25.6 Å². The molecule has 0 radical (unpaired) electrons. The Morgan fingerprint density at radius 1 is 0.905 bits per heavy atom. The smallest absolute Gasteiger partial charge is 0.323 e. The first kappa shape index (κ1) is 27.8. The molecule has 6 atom stereocenters. The van der Waals surface area contributed by atoms with E-state index in [4.69, 9.17) is 42.6 Å². The van der Waals surface area contributed by atoms with Crippen LogP contribution in [0.2, 0.25) is 0 Å². The normalized spacial score (nSPS) is 31.9. The van der Waals surface area contributed by atoms with Gasteiger partial charge in [0.15, 0.2) is 29.4 Å². The zero-order valence-electron chi connectivity index (χ0n) is 24.2. The van der Waals surface area contributed by atoms with Crippen molar-refractivity contribution in [2.75, 3.05) is 37.2 Å². The van der Waals surface area contributed by atoms with Crippen molar-refractivity contribution in [1.82, 2.24) is 15.0 Å². The van der Waals surface area contributed by atoms with Crippen molar-refractivity contribution in [2.45, 2.75) is 95.5 Å². The number of rotatable bonds is 9. The van der Waals surface area contributed by atoms with Crippen molar-refractivity contribution in [1.29, 1.82) is 0 Å². The highest BCUT2D eigenvalue weighted by molar-refractivity contribution is 5.49. The fraction of sp³-hybridized carbons (Fsp3) is 0.679. The monoisotopic (exact) mass is 587 g/mol. The Balaban J connectivity index is 1.08. The summed E-state index contributed by atoms with van der Waals surface area (Å²) in [6.07, 6.45) is -0.242. The van der Waals surface area contributed by atoms with Crippen LogP contribution in [0.5, 0.6) is 17.5 Å². The SMILES string of the molecule is CC1(C)O[C@H]2[C@@H](O1)[C@@H](COc1nc(NCc3cccc4c3OCO4)nc(NCC3CCCO3)n1)O[C@@H]1OC(C)(C)O[C@@H]12. The quantitative estimate of drug-likeness (QED) is 0.443. The third kappa shape index (κ3) is 5.79. The Kier molecular flexibility index (Phi) is 7.23.